The predicted octanol–water partition coefficient (Wildman–Crippen LogP) is 0.406. The summed E-state index contributed by atoms with van der Waals surface area (Å²) in [5.74, 6) is -1.06. The lowest BCUT2D eigenvalue weighted by molar-refractivity contribution is -0.141. The highest BCUT2D eigenvalue weighted by Crippen LogP contribution is 2.47. The summed E-state index contributed by atoms with van der Waals surface area (Å²) in [4.78, 5) is 24.2. The van der Waals surface area contributed by atoms with E-state index < -0.39 is 18.1 Å². The molecule has 18 heavy (non-hydrogen) atoms. The molecule has 2 rings (SSSR count). The molecule has 1 heterocycles. The van der Waals surface area contributed by atoms with Crippen molar-refractivity contribution in [1.82, 2.24) is 10.2 Å². The van der Waals surface area contributed by atoms with Crippen LogP contribution in [0.25, 0.3) is 0 Å². The predicted molar refractivity (Wildman–Crippen MR) is 64.1 cm³/mol. The van der Waals surface area contributed by atoms with Crippen LogP contribution in [-0.4, -0.2) is 52.3 Å². The second-order valence-electron chi connectivity index (χ2n) is 5.41. The number of carbonyl (C=O) groups excluding carboxylic acids is 1. The average Bonchev–Trinajstić information content (AvgIpc) is 3.01. The summed E-state index contributed by atoms with van der Waals surface area (Å²) in [6.07, 6.45) is 2.64. The quantitative estimate of drug-likeness (QED) is 0.679. The molecule has 0 aromatic heterocycles. The number of carbonyl (C=O) groups is 2. The van der Waals surface area contributed by atoms with Crippen molar-refractivity contribution in [3.8, 4) is 0 Å². The number of aliphatic carboxylic acids is 1. The van der Waals surface area contributed by atoms with E-state index in [-0.39, 0.29) is 24.4 Å². The van der Waals surface area contributed by atoms with E-state index in [0.29, 0.717) is 6.54 Å². The van der Waals surface area contributed by atoms with Crippen LogP contribution in [0.1, 0.15) is 32.6 Å². The van der Waals surface area contributed by atoms with E-state index in [1.165, 1.54) is 4.90 Å². The lowest BCUT2D eigenvalue weighted by atomic mass is 10.0. The summed E-state index contributed by atoms with van der Waals surface area (Å²) in [5, 5.41) is 21.3. The molecule has 2 fully saturated rings. The monoisotopic (exact) mass is 256 g/mol. The van der Waals surface area contributed by atoms with Gasteiger partial charge in [-0.25, -0.2) is 9.59 Å². The second kappa shape index (κ2) is 4.76. The van der Waals surface area contributed by atoms with E-state index >= 15 is 0 Å². The van der Waals surface area contributed by atoms with Gasteiger partial charge in [0.2, 0.25) is 0 Å². The SMILES string of the molecule is CCC1(CNC(=O)N2CC(O)C[C@H]2C(=O)O)CC1. The maximum atomic E-state index is 11.9. The summed E-state index contributed by atoms with van der Waals surface area (Å²) < 4.78 is 0. The van der Waals surface area contributed by atoms with Gasteiger partial charge in [-0.2, -0.15) is 0 Å². The van der Waals surface area contributed by atoms with Gasteiger partial charge in [0.25, 0.3) is 0 Å². The number of likely N-dealkylation sites (tertiary alicyclic amines) is 1. The third-order valence-electron chi connectivity index (χ3n) is 4.15. The van der Waals surface area contributed by atoms with Gasteiger partial charge in [-0.1, -0.05) is 6.92 Å². The minimum absolute atomic E-state index is 0.0991. The van der Waals surface area contributed by atoms with E-state index in [0.717, 1.165) is 19.3 Å². The Balaban J connectivity index is 1.89. The van der Waals surface area contributed by atoms with Crippen LogP contribution in [0.15, 0.2) is 0 Å². The summed E-state index contributed by atoms with van der Waals surface area (Å²) in [5.41, 5.74) is 0.229. The Morgan fingerprint density at radius 1 is 1.44 bits per heavy atom. The molecule has 1 saturated heterocycles. The number of aliphatic hydroxyl groups excluding tert-OH is 1. The van der Waals surface area contributed by atoms with Crippen molar-refractivity contribution < 1.29 is 19.8 Å². The van der Waals surface area contributed by atoms with Gasteiger partial charge in [0.05, 0.1) is 6.10 Å². The van der Waals surface area contributed by atoms with Crippen molar-refractivity contribution in [2.45, 2.75) is 44.8 Å². The number of β-amino-alcohol motifs (C(OH)–C–C–N with tert-alkyl or cyclic N) is 1. The van der Waals surface area contributed by atoms with Crippen molar-refractivity contribution in [1.29, 1.82) is 0 Å². The molecule has 6 heteroatoms. The Morgan fingerprint density at radius 2 is 2.11 bits per heavy atom. The zero-order valence-corrected chi connectivity index (χ0v) is 10.6. The van der Waals surface area contributed by atoms with Gasteiger partial charge in [-0.15, -0.1) is 0 Å². The zero-order valence-electron chi connectivity index (χ0n) is 10.6. The van der Waals surface area contributed by atoms with Gasteiger partial charge in [0.1, 0.15) is 6.04 Å². The molecule has 0 aromatic rings. The minimum atomic E-state index is -1.06. The topological polar surface area (TPSA) is 89.9 Å². The van der Waals surface area contributed by atoms with Crippen LogP contribution in [0.5, 0.6) is 0 Å². The number of urea groups is 1. The molecule has 0 bridgehead atoms. The third kappa shape index (κ3) is 2.58. The van der Waals surface area contributed by atoms with Crippen LogP contribution < -0.4 is 5.32 Å². The first-order valence-electron chi connectivity index (χ1n) is 6.43. The molecular weight excluding hydrogens is 236 g/mol. The molecule has 2 aliphatic rings. The van der Waals surface area contributed by atoms with Gasteiger partial charge in [-0.3, -0.25) is 0 Å². The van der Waals surface area contributed by atoms with E-state index in [4.69, 9.17) is 5.11 Å². The van der Waals surface area contributed by atoms with Gasteiger partial charge in [0.15, 0.2) is 0 Å². The molecule has 0 radical (unpaired) electrons. The fraction of sp³-hybridized carbons (Fsp3) is 0.833. The Hall–Kier alpha value is -1.30. The Morgan fingerprint density at radius 3 is 2.61 bits per heavy atom. The van der Waals surface area contributed by atoms with Crippen LogP contribution in [-0.2, 0) is 4.79 Å². The maximum Gasteiger partial charge on any atom is 0.326 e. The standard InChI is InChI=1S/C12H20N2O4/c1-2-12(3-4-12)7-13-11(18)14-6-8(15)5-9(14)10(16)17/h8-9,15H,2-7H2,1H3,(H,13,18)(H,16,17)/t8?,9-/m0/s1. The molecule has 0 spiro atoms. The molecule has 0 aromatic carbocycles. The molecule has 1 saturated carbocycles. The fourth-order valence-electron chi connectivity index (χ4n) is 2.47. The number of amides is 2. The van der Waals surface area contributed by atoms with Gasteiger partial charge in [-0.05, 0) is 24.7 Å². The van der Waals surface area contributed by atoms with Crippen LogP contribution in [0.4, 0.5) is 4.79 Å². The molecule has 102 valence electrons. The normalized spacial score (nSPS) is 29.1. The lowest BCUT2D eigenvalue weighted by Crippen LogP contribution is -2.47. The van der Waals surface area contributed by atoms with Crippen LogP contribution in [0.3, 0.4) is 0 Å². The first-order valence-corrected chi connectivity index (χ1v) is 6.43. The number of aliphatic hydroxyl groups is 1. The van der Waals surface area contributed by atoms with Gasteiger partial charge in [0, 0.05) is 19.5 Å². The van der Waals surface area contributed by atoms with Crippen molar-refractivity contribution >= 4 is 12.0 Å². The van der Waals surface area contributed by atoms with Crippen molar-refractivity contribution in [3.63, 3.8) is 0 Å². The van der Waals surface area contributed by atoms with Crippen molar-refractivity contribution in [2.24, 2.45) is 5.41 Å². The number of nitrogens with one attached hydrogen (secondary N) is 1. The number of nitrogens with zero attached hydrogens (tertiary/aromatic N) is 1. The highest BCUT2D eigenvalue weighted by atomic mass is 16.4. The molecule has 1 aliphatic carbocycles. The third-order valence-corrected chi connectivity index (χ3v) is 4.15. The van der Waals surface area contributed by atoms with Crippen LogP contribution >= 0.6 is 0 Å². The highest BCUT2D eigenvalue weighted by Gasteiger charge is 2.43. The summed E-state index contributed by atoms with van der Waals surface area (Å²) in [6.45, 7) is 2.79. The van der Waals surface area contributed by atoms with E-state index in [1.807, 2.05) is 0 Å². The smallest absolute Gasteiger partial charge is 0.326 e. The Kier molecular flexibility index (Phi) is 3.47. The fourth-order valence-corrected chi connectivity index (χ4v) is 2.47. The van der Waals surface area contributed by atoms with E-state index in [9.17, 15) is 14.7 Å². The molecule has 1 unspecified atom stereocenters. The number of hydrogen-bond acceptors (Lipinski definition) is 3. The van der Waals surface area contributed by atoms with Gasteiger partial charge < -0.3 is 20.4 Å². The minimum Gasteiger partial charge on any atom is -0.480 e. The van der Waals surface area contributed by atoms with Crippen LogP contribution in [0, 0.1) is 5.41 Å². The van der Waals surface area contributed by atoms with E-state index in [1.54, 1.807) is 0 Å². The van der Waals surface area contributed by atoms with E-state index in [2.05, 4.69) is 12.2 Å². The zero-order chi connectivity index (χ0) is 13.3. The molecule has 2 amide bonds. The Bertz CT molecular complexity index is 354. The Labute approximate surface area is 106 Å². The second-order valence-corrected chi connectivity index (χ2v) is 5.41. The number of carboxylic acids is 1. The molecular formula is C12H20N2O4. The van der Waals surface area contributed by atoms with Crippen molar-refractivity contribution in [3.05, 3.63) is 0 Å². The maximum absolute atomic E-state index is 11.9. The van der Waals surface area contributed by atoms with Crippen LogP contribution in [0.2, 0.25) is 0 Å². The largest absolute Gasteiger partial charge is 0.480 e. The molecule has 6 nitrogen and oxygen atoms in total. The molecule has 3 N–H and O–H groups in total. The number of hydrogen-bond donors (Lipinski definition) is 3. The summed E-state index contributed by atoms with van der Waals surface area (Å²) in [6, 6.07) is -1.28. The van der Waals surface area contributed by atoms with Crippen molar-refractivity contribution in [2.75, 3.05) is 13.1 Å². The first-order chi connectivity index (χ1) is 8.47. The van der Waals surface area contributed by atoms with Gasteiger partial charge >= 0.3 is 12.0 Å². The summed E-state index contributed by atoms with van der Waals surface area (Å²) >= 11 is 0. The summed E-state index contributed by atoms with van der Waals surface area (Å²) in [7, 11) is 0. The number of carboxylic acid groups (broad SMARTS) is 1. The first kappa shape index (κ1) is 13.1. The lowest BCUT2D eigenvalue weighted by Gasteiger charge is -2.23. The number of rotatable bonds is 4. The highest BCUT2D eigenvalue weighted by molar-refractivity contribution is 5.83. The molecule has 1 aliphatic heterocycles. The molecule has 2 atom stereocenters. The average molecular weight is 256 g/mol.